The number of rotatable bonds is 2. The third-order valence-electron chi connectivity index (χ3n) is 2.12. The van der Waals surface area contributed by atoms with Gasteiger partial charge in [0, 0.05) is 10.6 Å². The van der Waals surface area contributed by atoms with Crippen LogP contribution in [0.25, 0.3) is 0 Å². The third-order valence-corrected chi connectivity index (χ3v) is 3.20. The maximum absolute atomic E-state index is 11.8. The number of benzene rings is 1. The minimum absolute atomic E-state index is 0.249. The molecule has 0 radical (unpaired) electrons. The second kappa shape index (κ2) is 5.00. The van der Waals surface area contributed by atoms with Crippen LogP contribution in [0, 0.1) is 11.3 Å². The van der Waals surface area contributed by atoms with Crippen molar-refractivity contribution >= 4 is 33.8 Å². The third kappa shape index (κ3) is 2.64. The van der Waals surface area contributed by atoms with Gasteiger partial charge in [-0.1, -0.05) is 11.6 Å². The Morgan fingerprint density at radius 3 is 2.65 bits per heavy atom. The van der Waals surface area contributed by atoms with Crippen LogP contribution in [0.1, 0.15) is 15.9 Å². The number of amides is 1. The summed E-state index contributed by atoms with van der Waals surface area (Å²) >= 11 is 7.05. The molecular weight excluding hydrogens is 256 g/mol. The van der Waals surface area contributed by atoms with Crippen LogP contribution < -0.4 is 5.32 Å². The Balaban J connectivity index is 2.18. The second-order valence-electron chi connectivity index (χ2n) is 3.24. The molecule has 84 valence electrons. The van der Waals surface area contributed by atoms with Crippen LogP contribution >= 0.6 is 22.9 Å². The van der Waals surface area contributed by atoms with Crippen molar-refractivity contribution in [1.29, 1.82) is 5.26 Å². The Morgan fingerprint density at radius 2 is 2.00 bits per heavy atom. The molecule has 0 aliphatic heterocycles. The number of hydrogen-bond acceptors (Lipinski definition) is 3. The zero-order valence-corrected chi connectivity index (χ0v) is 10.2. The van der Waals surface area contributed by atoms with Gasteiger partial charge in [-0.2, -0.15) is 5.26 Å². The van der Waals surface area contributed by atoms with Gasteiger partial charge in [0.25, 0.3) is 5.91 Å². The highest BCUT2D eigenvalue weighted by atomic mass is 35.5. The monoisotopic (exact) mass is 262 g/mol. The normalized spacial score (nSPS) is 9.65. The maximum Gasteiger partial charge on any atom is 0.256 e. The van der Waals surface area contributed by atoms with Crippen LogP contribution in [0.15, 0.2) is 35.7 Å². The first-order valence-corrected chi connectivity index (χ1v) is 6.01. The molecule has 1 amide bonds. The molecule has 3 nitrogen and oxygen atoms in total. The van der Waals surface area contributed by atoms with E-state index in [9.17, 15) is 4.79 Å². The summed E-state index contributed by atoms with van der Waals surface area (Å²) in [5.41, 5.74) is 0.976. The van der Waals surface area contributed by atoms with E-state index in [2.05, 4.69) is 5.32 Å². The van der Waals surface area contributed by atoms with Crippen LogP contribution in [0.2, 0.25) is 5.02 Å². The van der Waals surface area contributed by atoms with E-state index < -0.39 is 0 Å². The largest absolute Gasteiger partial charge is 0.312 e. The molecule has 5 heteroatoms. The van der Waals surface area contributed by atoms with Gasteiger partial charge in [0.15, 0.2) is 0 Å². The molecule has 17 heavy (non-hydrogen) atoms. The summed E-state index contributed by atoms with van der Waals surface area (Å²) in [7, 11) is 0. The standard InChI is InChI=1S/C12H7ClN2OS/c13-10-3-1-8(2-4-10)11(16)15-12-9(7-14)5-6-17-12/h1-6H,(H,15,16). The zero-order valence-electron chi connectivity index (χ0n) is 8.61. The van der Waals surface area contributed by atoms with E-state index in [0.717, 1.165) is 0 Å². The smallest absolute Gasteiger partial charge is 0.256 e. The molecule has 0 saturated carbocycles. The molecule has 1 aromatic carbocycles. The van der Waals surface area contributed by atoms with Crippen LogP contribution in [0.3, 0.4) is 0 Å². The predicted molar refractivity (Wildman–Crippen MR) is 68.4 cm³/mol. The molecule has 0 fully saturated rings. The zero-order chi connectivity index (χ0) is 12.3. The van der Waals surface area contributed by atoms with Gasteiger partial charge in [-0.05, 0) is 35.7 Å². The van der Waals surface area contributed by atoms with Crippen LogP contribution in [0.4, 0.5) is 5.00 Å². The number of nitriles is 1. The van der Waals surface area contributed by atoms with Crippen molar-refractivity contribution in [3.05, 3.63) is 51.9 Å². The first-order chi connectivity index (χ1) is 8.20. The fourth-order valence-electron chi connectivity index (χ4n) is 1.27. The topological polar surface area (TPSA) is 52.9 Å². The minimum atomic E-state index is -0.249. The lowest BCUT2D eigenvalue weighted by Crippen LogP contribution is -2.11. The first kappa shape index (κ1) is 11.6. The molecule has 0 aliphatic rings. The average Bonchev–Trinajstić information content (AvgIpc) is 2.77. The number of halogens is 1. The molecule has 2 rings (SSSR count). The molecule has 0 spiro atoms. The van der Waals surface area contributed by atoms with Gasteiger partial charge in [0.2, 0.25) is 0 Å². The van der Waals surface area contributed by atoms with Crippen molar-refractivity contribution in [3.8, 4) is 6.07 Å². The highest BCUT2D eigenvalue weighted by molar-refractivity contribution is 7.14. The summed E-state index contributed by atoms with van der Waals surface area (Å²) in [6.07, 6.45) is 0. The summed E-state index contributed by atoms with van der Waals surface area (Å²) < 4.78 is 0. The van der Waals surface area contributed by atoms with Crippen molar-refractivity contribution < 1.29 is 4.79 Å². The number of hydrogen-bond donors (Lipinski definition) is 1. The lowest BCUT2D eigenvalue weighted by atomic mass is 10.2. The molecule has 1 heterocycles. The molecule has 1 N–H and O–H groups in total. The van der Waals surface area contributed by atoms with Crippen molar-refractivity contribution in [2.75, 3.05) is 5.32 Å². The van der Waals surface area contributed by atoms with Crippen LogP contribution in [-0.4, -0.2) is 5.91 Å². The molecule has 1 aromatic heterocycles. The van der Waals surface area contributed by atoms with E-state index in [4.69, 9.17) is 16.9 Å². The summed E-state index contributed by atoms with van der Waals surface area (Å²) in [5, 5.41) is 14.4. The number of carbonyl (C=O) groups is 1. The van der Waals surface area contributed by atoms with Crippen molar-refractivity contribution in [2.24, 2.45) is 0 Å². The van der Waals surface area contributed by atoms with E-state index in [-0.39, 0.29) is 5.91 Å². The van der Waals surface area contributed by atoms with E-state index >= 15 is 0 Å². The van der Waals surface area contributed by atoms with Crippen molar-refractivity contribution in [3.63, 3.8) is 0 Å². The molecule has 0 atom stereocenters. The Bertz CT molecular complexity index is 583. The summed E-state index contributed by atoms with van der Waals surface area (Å²) in [5.74, 6) is -0.249. The fraction of sp³-hybridized carbons (Fsp3) is 0. The number of anilines is 1. The fourth-order valence-corrected chi connectivity index (χ4v) is 2.13. The highest BCUT2D eigenvalue weighted by Crippen LogP contribution is 2.23. The number of thiophene rings is 1. The minimum Gasteiger partial charge on any atom is -0.312 e. The highest BCUT2D eigenvalue weighted by Gasteiger charge is 2.09. The molecule has 0 bridgehead atoms. The van der Waals surface area contributed by atoms with Gasteiger partial charge in [-0.25, -0.2) is 0 Å². The van der Waals surface area contributed by atoms with Gasteiger partial charge in [-0.3, -0.25) is 4.79 Å². The molecule has 2 aromatic rings. The Morgan fingerprint density at radius 1 is 1.29 bits per heavy atom. The summed E-state index contributed by atoms with van der Waals surface area (Å²) in [6.45, 7) is 0. The van der Waals surface area contributed by atoms with Gasteiger partial charge in [-0.15, -0.1) is 11.3 Å². The number of nitrogens with one attached hydrogen (secondary N) is 1. The van der Waals surface area contributed by atoms with Crippen LogP contribution in [0.5, 0.6) is 0 Å². The number of nitrogens with zero attached hydrogens (tertiary/aromatic N) is 1. The van der Waals surface area contributed by atoms with Crippen molar-refractivity contribution in [1.82, 2.24) is 0 Å². The summed E-state index contributed by atoms with van der Waals surface area (Å²) in [4.78, 5) is 11.8. The van der Waals surface area contributed by atoms with E-state index in [1.165, 1.54) is 11.3 Å². The second-order valence-corrected chi connectivity index (χ2v) is 4.59. The average molecular weight is 263 g/mol. The van der Waals surface area contributed by atoms with Gasteiger partial charge in [0.05, 0.1) is 5.56 Å². The number of carbonyl (C=O) groups excluding carboxylic acids is 1. The SMILES string of the molecule is N#Cc1ccsc1NC(=O)c1ccc(Cl)cc1. The van der Waals surface area contributed by atoms with Crippen molar-refractivity contribution in [2.45, 2.75) is 0 Å². The first-order valence-electron chi connectivity index (χ1n) is 4.75. The molecule has 0 unspecified atom stereocenters. The van der Waals surface area contributed by atoms with Gasteiger partial charge >= 0.3 is 0 Å². The van der Waals surface area contributed by atoms with Gasteiger partial charge in [0.1, 0.15) is 11.1 Å². The lowest BCUT2D eigenvalue weighted by molar-refractivity contribution is 0.102. The molecular formula is C12H7ClN2OS. The Kier molecular flexibility index (Phi) is 3.43. The predicted octanol–water partition coefficient (Wildman–Crippen LogP) is 3.53. The van der Waals surface area contributed by atoms with E-state index in [0.29, 0.717) is 21.2 Å². The van der Waals surface area contributed by atoms with E-state index in [1.807, 2.05) is 6.07 Å². The Labute approximate surface area is 107 Å². The Hall–Kier alpha value is -1.83. The van der Waals surface area contributed by atoms with Crippen LogP contribution in [-0.2, 0) is 0 Å². The maximum atomic E-state index is 11.8. The molecule has 0 saturated heterocycles. The molecule has 0 aliphatic carbocycles. The van der Waals surface area contributed by atoms with Gasteiger partial charge < -0.3 is 5.32 Å². The summed E-state index contributed by atoms with van der Waals surface area (Å²) in [6, 6.07) is 10.3. The van der Waals surface area contributed by atoms with E-state index in [1.54, 1.807) is 35.7 Å². The lowest BCUT2D eigenvalue weighted by Gasteiger charge is -2.03. The quantitative estimate of drug-likeness (QED) is 0.900.